The summed E-state index contributed by atoms with van der Waals surface area (Å²) in [6.07, 6.45) is 70.9. The van der Waals surface area contributed by atoms with Gasteiger partial charge >= 0.3 is 0 Å². The normalized spacial score (nSPS) is 13.4. The highest BCUT2D eigenvalue weighted by Crippen LogP contribution is 2.16. The molecule has 2 unspecified atom stereocenters. The Balaban J connectivity index is 3.58. The average molecular weight is 824 g/mol. The van der Waals surface area contributed by atoms with Gasteiger partial charge in [0.15, 0.2) is 0 Å². The van der Waals surface area contributed by atoms with Gasteiger partial charge in [0.25, 0.3) is 0 Å². The maximum atomic E-state index is 12.4. The van der Waals surface area contributed by atoms with Crippen molar-refractivity contribution < 1.29 is 15.0 Å². The van der Waals surface area contributed by atoms with E-state index in [0.717, 1.165) is 57.8 Å². The minimum Gasteiger partial charge on any atom is -0.394 e. The van der Waals surface area contributed by atoms with Crippen LogP contribution in [0.25, 0.3) is 0 Å². The Hall–Kier alpha value is -1.91. The van der Waals surface area contributed by atoms with E-state index in [0.29, 0.717) is 6.42 Å². The fourth-order valence-corrected chi connectivity index (χ4v) is 7.71. The Labute approximate surface area is 368 Å². The smallest absolute Gasteiger partial charge is 0.220 e. The van der Waals surface area contributed by atoms with Gasteiger partial charge in [0.2, 0.25) is 5.91 Å². The van der Waals surface area contributed by atoms with Gasteiger partial charge < -0.3 is 15.5 Å². The Kier molecular flexibility index (Phi) is 48.8. The van der Waals surface area contributed by atoms with E-state index in [1.54, 1.807) is 6.08 Å². The molecule has 0 aliphatic carbocycles. The van der Waals surface area contributed by atoms with E-state index in [9.17, 15) is 15.0 Å². The lowest BCUT2D eigenvalue weighted by atomic mass is 10.0. The molecule has 3 N–H and O–H groups in total. The second-order valence-electron chi connectivity index (χ2n) is 17.6. The zero-order chi connectivity index (χ0) is 42.8. The van der Waals surface area contributed by atoms with Crippen molar-refractivity contribution in [2.45, 2.75) is 276 Å². The Morgan fingerprint density at radius 3 is 1.10 bits per heavy atom. The zero-order valence-electron chi connectivity index (χ0n) is 39.5. The molecular weight excluding hydrogens is 723 g/mol. The molecule has 0 rings (SSSR count). The lowest BCUT2D eigenvalue weighted by molar-refractivity contribution is -0.123. The minimum atomic E-state index is -0.879. The largest absolute Gasteiger partial charge is 0.394 e. The van der Waals surface area contributed by atoms with Gasteiger partial charge in [-0.2, -0.15) is 0 Å². The second kappa shape index (κ2) is 50.4. The Morgan fingerprint density at radius 1 is 0.407 bits per heavy atom. The van der Waals surface area contributed by atoms with E-state index in [2.05, 4.69) is 67.8 Å². The SMILES string of the molecule is CCCCCC/C=C\C/C=C\CCCCCCCC(=O)NC(CO)C(O)/C=C/CC/C=C/CC/C=C/CCCCCCCCCCCCCCCCCCCCCCC. The van der Waals surface area contributed by atoms with Gasteiger partial charge in [-0.25, -0.2) is 0 Å². The number of amides is 1. The number of carbonyl (C=O) groups is 1. The van der Waals surface area contributed by atoms with Crippen LogP contribution in [0.3, 0.4) is 0 Å². The molecule has 4 heteroatoms. The van der Waals surface area contributed by atoms with Gasteiger partial charge in [0.1, 0.15) is 0 Å². The number of carbonyl (C=O) groups excluding carboxylic acids is 1. The van der Waals surface area contributed by atoms with Gasteiger partial charge in [-0.1, -0.05) is 242 Å². The third kappa shape index (κ3) is 47.0. The van der Waals surface area contributed by atoms with Gasteiger partial charge in [-0.15, -0.1) is 0 Å². The summed E-state index contributed by atoms with van der Waals surface area (Å²) in [6, 6.07) is -0.655. The standard InChI is InChI=1S/C55H101NO3/c1-3-5-7-9-11-13-15-17-19-21-22-23-24-25-26-27-28-29-30-31-32-33-34-35-36-38-40-42-44-46-48-50-54(58)53(52-57)56-55(59)51-49-47-45-43-41-39-37-20-18-16-14-12-10-8-6-4-2/h14,16,20,34-35,37,40,42,48,50,53-54,57-58H,3-13,15,17-19,21-33,36,38-39,41,43-47,49,51-52H2,1-2H3,(H,56,59)/b16-14-,35-34+,37-20-,42-40+,50-48+. The summed E-state index contributed by atoms with van der Waals surface area (Å²) in [5.41, 5.74) is 0. The van der Waals surface area contributed by atoms with Crippen LogP contribution in [0.5, 0.6) is 0 Å². The molecule has 59 heavy (non-hydrogen) atoms. The van der Waals surface area contributed by atoms with Crippen molar-refractivity contribution in [1.82, 2.24) is 5.32 Å². The number of allylic oxidation sites excluding steroid dienone is 9. The van der Waals surface area contributed by atoms with E-state index in [1.165, 1.54) is 186 Å². The summed E-state index contributed by atoms with van der Waals surface area (Å²) in [5.74, 6) is -0.0919. The van der Waals surface area contributed by atoms with Gasteiger partial charge in [0, 0.05) is 6.42 Å². The van der Waals surface area contributed by atoms with Crippen LogP contribution in [0, 0.1) is 0 Å². The molecule has 1 amide bonds. The van der Waals surface area contributed by atoms with Gasteiger partial charge in [-0.05, 0) is 77.0 Å². The molecule has 0 saturated heterocycles. The van der Waals surface area contributed by atoms with Gasteiger partial charge in [0.05, 0.1) is 18.8 Å². The average Bonchev–Trinajstić information content (AvgIpc) is 3.24. The highest BCUT2D eigenvalue weighted by molar-refractivity contribution is 5.76. The number of rotatable bonds is 47. The first-order chi connectivity index (χ1) is 29.2. The summed E-state index contributed by atoms with van der Waals surface area (Å²) in [6.45, 7) is 4.28. The van der Waals surface area contributed by atoms with Crippen molar-refractivity contribution in [3.63, 3.8) is 0 Å². The van der Waals surface area contributed by atoms with Gasteiger partial charge in [-0.3, -0.25) is 4.79 Å². The van der Waals surface area contributed by atoms with Crippen molar-refractivity contribution in [2.75, 3.05) is 6.61 Å². The number of unbranched alkanes of at least 4 members (excludes halogenated alkanes) is 32. The molecule has 2 atom stereocenters. The number of nitrogens with one attached hydrogen (secondary N) is 1. The van der Waals surface area contributed by atoms with E-state index in [4.69, 9.17) is 0 Å². The van der Waals surface area contributed by atoms with E-state index in [-0.39, 0.29) is 12.5 Å². The third-order valence-electron chi connectivity index (χ3n) is 11.7. The molecule has 0 saturated carbocycles. The van der Waals surface area contributed by atoms with Crippen LogP contribution in [0.1, 0.15) is 264 Å². The lowest BCUT2D eigenvalue weighted by Gasteiger charge is -2.19. The van der Waals surface area contributed by atoms with E-state index >= 15 is 0 Å². The van der Waals surface area contributed by atoms with Crippen LogP contribution < -0.4 is 5.32 Å². The summed E-state index contributed by atoms with van der Waals surface area (Å²) in [5, 5.41) is 23.0. The van der Waals surface area contributed by atoms with Crippen LogP contribution in [0.15, 0.2) is 60.8 Å². The van der Waals surface area contributed by atoms with Crippen molar-refractivity contribution in [1.29, 1.82) is 0 Å². The topological polar surface area (TPSA) is 69.6 Å². The monoisotopic (exact) mass is 824 g/mol. The fourth-order valence-electron chi connectivity index (χ4n) is 7.71. The van der Waals surface area contributed by atoms with E-state index in [1.807, 2.05) is 6.08 Å². The number of aliphatic hydroxyl groups excluding tert-OH is 2. The molecule has 0 aliphatic heterocycles. The molecule has 4 nitrogen and oxygen atoms in total. The fraction of sp³-hybridized carbons (Fsp3) is 0.800. The lowest BCUT2D eigenvalue weighted by Crippen LogP contribution is -2.45. The molecule has 0 bridgehead atoms. The molecule has 0 fully saturated rings. The molecule has 0 aromatic rings. The van der Waals surface area contributed by atoms with Crippen molar-refractivity contribution in [3.05, 3.63) is 60.8 Å². The van der Waals surface area contributed by atoms with Crippen LogP contribution in [0.2, 0.25) is 0 Å². The van der Waals surface area contributed by atoms with Crippen molar-refractivity contribution in [3.8, 4) is 0 Å². The highest BCUT2D eigenvalue weighted by Gasteiger charge is 2.17. The quantitative estimate of drug-likeness (QED) is 0.0423. The number of hydrogen-bond donors (Lipinski definition) is 3. The maximum absolute atomic E-state index is 12.4. The predicted molar refractivity (Wildman–Crippen MR) is 262 cm³/mol. The first-order valence-electron chi connectivity index (χ1n) is 26.0. The minimum absolute atomic E-state index is 0.0919. The van der Waals surface area contributed by atoms with Crippen LogP contribution >= 0.6 is 0 Å². The molecule has 0 aliphatic rings. The van der Waals surface area contributed by atoms with Crippen molar-refractivity contribution in [2.24, 2.45) is 0 Å². The van der Waals surface area contributed by atoms with Crippen molar-refractivity contribution >= 4 is 5.91 Å². The first kappa shape index (κ1) is 57.1. The molecular formula is C55H101NO3. The number of hydrogen-bond acceptors (Lipinski definition) is 3. The highest BCUT2D eigenvalue weighted by atomic mass is 16.3. The molecule has 0 aromatic carbocycles. The molecule has 0 spiro atoms. The molecule has 344 valence electrons. The summed E-state index contributed by atoms with van der Waals surface area (Å²) in [4.78, 5) is 12.4. The zero-order valence-corrected chi connectivity index (χ0v) is 39.5. The summed E-state index contributed by atoms with van der Waals surface area (Å²) in [7, 11) is 0. The third-order valence-corrected chi connectivity index (χ3v) is 11.7. The molecule has 0 radical (unpaired) electrons. The van der Waals surface area contributed by atoms with E-state index < -0.39 is 12.1 Å². The first-order valence-corrected chi connectivity index (χ1v) is 26.0. The second-order valence-corrected chi connectivity index (χ2v) is 17.6. The predicted octanol–water partition coefficient (Wildman–Crippen LogP) is 16.9. The summed E-state index contributed by atoms with van der Waals surface area (Å²) < 4.78 is 0. The summed E-state index contributed by atoms with van der Waals surface area (Å²) >= 11 is 0. The molecule has 0 heterocycles. The van der Waals surface area contributed by atoms with Crippen LogP contribution in [-0.4, -0.2) is 34.9 Å². The Bertz CT molecular complexity index is 981. The molecule has 0 aromatic heterocycles. The maximum Gasteiger partial charge on any atom is 0.220 e. The van der Waals surface area contributed by atoms with Crippen LogP contribution in [-0.2, 0) is 4.79 Å². The Morgan fingerprint density at radius 2 is 0.712 bits per heavy atom. The number of aliphatic hydroxyl groups is 2. The van der Waals surface area contributed by atoms with Crippen LogP contribution in [0.4, 0.5) is 0 Å².